The highest BCUT2D eigenvalue weighted by atomic mass is 32.2. The number of benzene rings is 1. The highest BCUT2D eigenvalue weighted by Crippen LogP contribution is 2.32. The van der Waals surface area contributed by atoms with Gasteiger partial charge in [-0.15, -0.1) is 11.8 Å². The van der Waals surface area contributed by atoms with Crippen molar-refractivity contribution in [3.8, 4) is 0 Å². The number of aromatic nitrogens is 5. The molecule has 1 unspecified atom stereocenters. The molecule has 3 heterocycles. The van der Waals surface area contributed by atoms with Gasteiger partial charge in [0.1, 0.15) is 22.7 Å². The van der Waals surface area contributed by atoms with Crippen molar-refractivity contribution in [2.75, 3.05) is 17.7 Å². The van der Waals surface area contributed by atoms with Gasteiger partial charge in [0, 0.05) is 22.8 Å². The molecule has 4 N–H and O–H groups in total. The predicted molar refractivity (Wildman–Crippen MR) is 114 cm³/mol. The lowest BCUT2D eigenvalue weighted by Crippen LogP contribution is -2.16. The van der Waals surface area contributed by atoms with Crippen LogP contribution in [-0.4, -0.2) is 53.6 Å². The van der Waals surface area contributed by atoms with E-state index in [1.165, 1.54) is 24.2 Å². The molecular formula is C20H21FN6O2S. The SMILES string of the molecule is Cc1cc2cc([C@H](C)Nc3ncnc4nc[nH]c34)c(SCC(O)CO)nc2cc1F. The summed E-state index contributed by atoms with van der Waals surface area (Å²) in [5, 5.41) is 23.7. The molecule has 0 saturated carbocycles. The zero-order valence-corrected chi connectivity index (χ0v) is 17.2. The molecule has 10 heteroatoms. The summed E-state index contributed by atoms with van der Waals surface area (Å²) >= 11 is 1.31. The molecule has 8 nitrogen and oxygen atoms in total. The van der Waals surface area contributed by atoms with Gasteiger partial charge in [0.15, 0.2) is 11.5 Å². The largest absolute Gasteiger partial charge is 0.394 e. The summed E-state index contributed by atoms with van der Waals surface area (Å²) in [6.07, 6.45) is 2.13. The van der Waals surface area contributed by atoms with E-state index < -0.39 is 6.10 Å². The van der Waals surface area contributed by atoms with Gasteiger partial charge in [-0.1, -0.05) is 0 Å². The molecule has 3 aromatic heterocycles. The van der Waals surface area contributed by atoms with Crippen molar-refractivity contribution in [2.45, 2.75) is 31.0 Å². The van der Waals surface area contributed by atoms with E-state index in [1.54, 1.807) is 19.3 Å². The lowest BCUT2D eigenvalue weighted by Gasteiger charge is -2.19. The fourth-order valence-corrected chi connectivity index (χ4v) is 4.14. The minimum Gasteiger partial charge on any atom is -0.394 e. The Balaban J connectivity index is 1.74. The highest BCUT2D eigenvalue weighted by molar-refractivity contribution is 7.99. The molecule has 0 fully saturated rings. The van der Waals surface area contributed by atoms with Gasteiger partial charge in [-0.25, -0.2) is 24.3 Å². The van der Waals surface area contributed by atoms with Crippen molar-refractivity contribution in [3.05, 3.63) is 47.8 Å². The molecule has 0 aliphatic carbocycles. The number of aryl methyl sites for hydroxylation is 1. The predicted octanol–water partition coefficient (Wildman–Crippen LogP) is 2.97. The van der Waals surface area contributed by atoms with Crippen LogP contribution in [0.25, 0.3) is 22.1 Å². The summed E-state index contributed by atoms with van der Waals surface area (Å²) in [5.74, 6) is 0.552. The molecular weight excluding hydrogens is 407 g/mol. The first-order chi connectivity index (χ1) is 14.5. The smallest absolute Gasteiger partial charge is 0.182 e. The number of thioether (sulfide) groups is 1. The van der Waals surface area contributed by atoms with Gasteiger partial charge in [-0.3, -0.25) is 0 Å². The molecule has 0 amide bonds. The van der Waals surface area contributed by atoms with Crippen LogP contribution in [-0.2, 0) is 0 Å². The van der Waals surface area contributed by atoms with Crippen molar-refractivity contribution in [3.63, 3.8) is 0 Å². The first kappa shape index (κ1) is 20.5. The maximum absolute atomic E-state index is 14.1. The Morgan fingerprint density at radius 1 is 1.23 bits per heavy atom. The standard InChI is InChI=1S/C20H21FN6O2S/c1-10-3-12-4-14(11(2)26-19-17-18(23-8-22-17)24-9-25-19)20(30-7-13(29)6-28)27-16(12)5-15(10)21/h3-5,8-9,11,13,28-29H,6-7H2,1-2H3,(H2,22,23,24,25,26)/t11-,13?/m0/s1. The normalized spacial score (nSPS) is 13.6. The van der Waals surface area contributed by atoms with E-state index in [9.17, 15) is 9.50 Å². The average molecular weight is 428 g/mol. The van der Waals surface area contributed by atoms with Crippen LogP contribution in [0.3, 0.4) is 0 Å². The van der Waals surface area contributed by atoms with E-state index in [0.717, 1.165) is 10.9 Å². The second-order valence-corrected chi connectivity index (χ2v) is 8.02. The van der Waals surface area contributed by atoms with Crippen LogP contribution in [0.15, 0.2) is 35.9 Å². The fraction of sp³-hybridized carbons (Fsp3) is 0.300. The maximum atomic E-state index is 14.1. The van der Waals surface area contributed by atoms with Crippen LogP contribution in [0, 0.1) is 12.7 Å². The maximum Gasteiger partial charge on any atom is 0.182 e. The number of halogens is 1. The topological polar surface area (TPSA) is 120 Å². The summed E-state index contributed by atoms with van der Waals surface area (Å²) in [5.41, 5.74) is 3.20. The number of hydrogen-bond acceptors (Lipinski definition) is 8. The van der Waals surface area contributed by atoms with Gasteiger partial charge in [-0.2, -0.15) is 0 Å². The van der Waals surface area contributed by atoms with E-state index >= 15 is 0 Å². The zero-order valence-electron chi connectivity index (χ0n) is 16.4. The van der Waals surface area contributed by atoms with E-state index in [0.29, 0.717) is 33.1 Å². The molecule has 156 valence electrons. The minimum atomic E-state index is -0.871. The van der Waals surface area contributed by atoms with Gasteiger partial charge in [-0.05, 0) is 31.5 Å². The van der Waals surface area contributed by atoms with E-state index in [1.807, 2.05) is 13.0 Å². The van der Waals surface area contributed by atoms with E-state index in [2.05, 4.69) is 30.2 Å². The third-order valence-corrected chi connectivity index (χ3v) is 5.91. The second-order valence-electron chi connectivity index (χ2n) is 7.01. The van der Waals surface area contributed by atoms with Gasteiger partial charge in [0.2, 0.25) is 0 Å². The Kier molecular flexibility index (Phi) is 5.80. The molecule has 4 rings (SSSR count). The van der Waals surface area contributed by atoms with Gasteiger partial charge in [0.25, 0.3) is 0 Å². The van der Waals surface area contributed by atoms with Crippen molar-refractivity contribution in [2.24, 2.45) is 0 Å². The van der Waals surface area contributed by atoms with Gasteiger partial charge in [0.05, 0.1) is 30.6 Å². The number of fused-ring (bicyclic) bond motifs is 2. The van der Waals surface area contributed by atoms with Crippen molar-refractivity contribution >= 4 is 39.6 Å². The molecule has 1 aromatic carbocycles. The molecule has 4 aromatic rings. The Morgan fingerprint density at radius 3 is 2.87 bits per heavy atom. The first-order valence-electron chi connectivity index (χ1n) is 9.39. The van der Waals surface area contributed by atoms with E-state index in [4.69, 9.17) is 5.11 Å². The number of aliphatic hydroxyl groups is 2. The Labute approximate surface area is 176 Å². The molecule has 0 aliphatic heterocycles. The van der Waals surface area contributed by atoms with Crippen molar-refractivity contribution in [1.29, 1.82) is 0 Å². The number of aliphatic hydroxyl groups excluding tert-OH is 2. The number of nitrogens with one attached hydrogen (secondary N) is 2. The fourth-order valence-electron chi connectivity index (χ4n) is 3.12. The number of hydrogen-bond donors (Lipinski definition) is 4. The number of pyridine rings is 1. The third-order valence-electron chi connectivity index (χ3n) is 4.75. The zero-order chi connectivity index (χ0) is 21.3. The van der Waals surface area contributed by atoms with E-state index in [-0.39, 0.29) is 24.2 Å². The lowest BCUT2D eigenvalue weighted by molar-refractivity contribution is 0.113. The number of anilines is 1. The third kappa shape index (κ3) is 4.07. The number of aromatic amines is 1. The number of nitrogens with zero attached hydrogens (tertiary/aromatic N) is 4. The molecule has 0 aliphatic rings. The van der Waals surface area contributed by atoms with Crippen LogP contribution >= 0.6 is 11.8 Å². The summed E-state index contributed by atoms with van der Waals surface area (Å²) in [7, 11) is 0. The number of imidazole rings is 1. The summed E-state index contributed by atoms with van der Waals surface area (Å²) in [4.78, 5) is 20.2. The monoisotopic (exact) mass is 428 g/mol. The lowest BCUT2D eigenvalue weighted by atomic mass is 10.1. The van der Waals surface area contributed by atoms with Crippen molar-refractivity contribution in [1.82, 2.24) is 24.9 Å². The minimum absolute atomic E-state index is 0.206. The summed E-state index contributed by atoms with van der Waals surface area (Å²) in [6.45, 7) is 3.35. The van der Waals surface area contributed by atoms with Gasteiger partial charge < -0.3 is 20.5 Å². The molecule has 0 bridgehead atoms. The molecule has 2 atom stereocenters. The molecule has 0 saturated heterocycles. The Morgan fingerprint density at radius 2 is 2.07 bits per heavy atom. The second kappa shape index (κ2) is 8.50. The summed E-state index contributed by atoms with van der Waals surface area (Å²) < 4.78 is 14.1. The average Bonchev–Trinajstić information content (AvgIpc) is 3.22. The molecule has 0 spiro atoms. The van der Waals surface area contributed by atoms with Crippen LogP contribution < -0.4 is 5.32 Å². The molecule has 0 radical (unpaired) electrons. The number of H-pyrrole nitrogens is 1. The Bertz CT molecular complexity index is 1200. The van der Waals surface area contributed by atoms with Crippen LogP contribution in [0.5, 0.6) is 0 Å². The molecule has 30 heavy (non-hydrogen) atoms. The van der Waals surface area contributed by atoms with Crippen LogP contribution in [0.1, 0.15) is 24.1 Å². The first-order valence-corrected chi connectivity index (χ1v) is 10.4. The van der Waals surface area contributed by atoms with Crippen LogP contribution in [0.2, 0.25) is 0 Å². The quantitative estimate of drug-likeness (QED) is 0.332. The number of rotatable bonds is 7. The van der Waals surface area contributed by atoms with Crippen molar-refractivity contribution < 1.29 is 14.6 Å². The van der Waals surface area contributed by atoms with Crippen LogP contribution in [0.4, 0.5) is 10.2 Å². The summed E-state index contributed by atoms with van der Waals surface area (Å²) in [6, 6.07) is 4.94. The highest BCUT2D eigenvalue weighted by Gasteiger charge is 2.18. The van der Waals surface area contributed by atoms with Gasteiger partial charge >= 0.3 is 0 Å². The Hall–Kier alpha value is -2.82.